The summed E-state index contributed by atoms with van der Waals surface area (Å²) in [7, 11) is 3.49. The van der Waals surface area contributed by atoms with Crippen LogP contribution in [0.4, 0.5) is 16.2 Å². The fourth-order valence-corrected chi connectivity index (χ4v) is 3.99. The van der Waals surface area contributed by atoms with E-state index in [4.69, 9.17) is 4.74 Å². The first kappa shape index (κ1) is 23.4. The van der Waals surface area contributed by atoms with Crippen molar-refractivity contribution in [2.75, 3.05) is 30.8 Å². The van der Waals surface area contributed by atoms with Gasteiger partial charge in [0, 0.05) is 68.7 Å². The van der Waals surface area contributed by atoms with Gasteiger partial charge < -0.3 is 15.4 Å². The van der Waals surface area contributed by atoms with Crippen LogP contribution >= 0.6 is 0 Å². The maximum atomic E-state index is 13.3. The lowest BCUT2D eigenvalue weighted by Crippen LogP contribution is -2.26. The number of aromatic nitrogens is 7. The Morgan fingerprint density at radius 2 is 1.67 bits per heavy atom. The molecule has 4 aromatic heterocycles. The number of ether oxygens (including phenoxy) is 1. The minimum absolute atomic E-state index is 0.296. The normalized spacial score (nSPS) is 13.0. The highest BCUT2D eigenvalue weighted by Crippen LogP contribution is 2.32. The minimum Gasteiger partial charge on any atom is -0.369 e. The average molecular weight is 488 g/mol. The quantitative estimate of drug-likeness (QED) is 0.304. The van der Waals surface area contributed by atoms with Crippen molar-refractivity contribution in [3.8, 4) is 11.1 Å². The summed E-state index contributed by atoms with van der Waals surface area (Å²) >= 11 is 0. The molecule has 36 heavy (non-hydrogen) atoms. The van der Waals surface area contributed by atoms with Crippen molar-refractivity contribution in [1.29, 1.82) is 0 Å². The van der Waals surface area contributed by atoms with Crippen molar-refractivity contribution >= 4 is 17.3 Å². The van der Waals surface area contributed by atoms with E-state index in [0.29, 0.717) is 19.0 Å². The lowest BCUT2D eigenvalue weighted by molar-refractivity contribution is 0.0385. The Bertz CT molecular complexity index is 1460. The zero-order valence-corrected chi connectivity index (χ0v) is 20.2. The Morgan fingerprint density at radius 1 is 0.917 bits per heavy atom. The number of anilines is 2. The molecule has 11 heteroatoms. The van der Waals surface area contributed by atoms with Crippen LogP contribution in [0.3, 0.4) is 0 Å². The predicted octanol–water partition coefficient (Wildman–Crippen LogP) is 3.49. The van der Waals surface area contributed by atoms with Gasteiger partial charge in [-0.3, -0.25) is 4.68 Å². The second kappa shape index (κ2) is 9.70. The fraction of sp³-hybridized carbons (Fsp3) is 0.240. The first-order valence-electron chi connectivity index (χ1n) is 11.4. The number of aryl methyl sites for hydroxylation is 1. The molecule has 0 radical (unpaired) electrons. The van der Waals surface area contributed by atoms with E-state index < -0.39 is 5.60 Å². The Labute approximate surface area is 207 Å². The second-order valence-electron chi connectivity index (χ2n) is 8.46. The molecule has 4 heterocycles. The van der Waals surface area contributed by atoms with Gasteiger partial charge >= 0.3 is 0 Å². The van der Waals surface area contributed by atoms with Gasteiger partial charge in [0.2, 0.25) is 5.95 Å². The minimum atomic E-state index is -0.794. The molecule has 1 aromatic carbocycles. The molecule has 0 fully saturated rings. The third-order valence-electron chi connectivity index (χ3n) is 6.15. The summed E-state index contributed by atoms with van der Waals surface area (Å²) in [5.41, 5.74) is 3.69. The maximum Gasteiger partial charge on any atom is 0.222 e. The van der Waals surface area contributed by atoms with E-state index >= 15 is 0 Å². The lowest BCUT2D eigenvalue weighted by atomic mass is 9.90. The topological polar surface area (TPSA) is 107 Å². The van der Waals surface area contributed by atoms with Gasteiger partial charge in [0.25, 0.3) is 0 Å². The van der Waals surface area contributed by atoms with Crippen molar-refractivity contribution in [1.82, 2.24) is 34.3 Å². The van der Waals surface area contributed by atoms with E-state index in [1.807, 2.05) is 38.6 Å². The van der Waals surface area contributed by atoms with Crippen LogP contribution in [-0.2, 0) is 17.4 Å². The first-order valence-corrected chi connectivity index (χ1v) is 11.4. The Kier molecular flexibility index (Phi) is 6.30. The average Bonchev–Trinajstić information content (AvgIpc) is 3.53. The standard InChI is InChI=1S/C25H26FN9O/c1-25(36-3,19-4-6-21(26)7-5-19)20-12-29-24(30-13-20)28-9-8-27-23-22-10-17(15-35(22)33-16-31-23)18-11-32-34(2)14-18/h4-7,10-16H,8-9H2,1-3H3,(H,27,31,33)(H,28,29,30)/t25-/m1/s1. The molecular weight excluding hydrogens is 461 g/mol. The van der Waals surface area contributed by atoms with Crippen LogP contribution in [0.1, 0.15) is 18.1 Å². The fourth-order valence-electron chi connectivity index (χ4n) is 3.99. The predicted molar refractivity (Wildman–Crippen MR) is 134 cm³/mol. The smallest absolute Gasteiger partial charge is 0.222 e. The van der Waals surface area contributed by atoms with Gasteiger partial charge in [0.1, 0.15) is 23.3 Å². The van der Waals surface area contributed by atoms with Gasteiger partial charge in [-0.05, 0) is 30.7 Å². The van der Waals surface area contributed by atoms with Crippen molar-refractivity contribution in [3.63, 3.8) is 0 Å². The molecule has 2 N–H and O–H groups in total. The number of hydrogen-bond donors (Lipinski definition) is 2. The highest BCUT2D eigenvalue weighted by atomic mass is 19.1. The van der Waals surface area contributed by atoms with Gasteiger partial charge in [-0.2, -0.15) is 10.2 Å². The second-order valence-corrected chi connectivity index (χ2v) is 8.46. The highest BCUT2D eigenvalue weighted by Gasteiger charge is 2.29. The maximum absolute atomic E-state index is 13.3. The summed E-state index contributed by atoms with van der Waals surface area (Å²) in [6.07, 6.45) is 10.7. The van der Waals surface area contributed by atoms with E-state index in [1.165, 1.54) is 18.5 Å². The summed E-state index contributed by atoms with van der Waals surface area (Å²) in [5, 5.41) is 15.1. The summed E-state index contributed by atoms with van der Waals surface area (Å²) in [6, 6.07) is 8.25. The molecule has 1 atom stereocenters. The molecule has 184 valence electrons. The summed E-state index contributed by atoms with van der Waals surface area (Å²) in [4.78, 5) is 13.2. The summed E-state index contributed by atoms with van der Waals surface area (Å²) in [5.74, 6) is 0.927. The van der Waals surface area contributed by atoms with E-state index in [1.54, 1.807) is 40.8 Å². The number of rotatable bonds is 9. The van der Waals surface area contributed by atoms with Crippen molar-refractivity contribution in [2.24, 2.45) is 7.05 Å². The molecule has 0 amide bonds. The Balaban J connectivity index is 1.21. The number of hydrogen-bond acceptors (Lipinski definition) is 8. The van der Waals surface area contributed by atoms with Crippen LogP contribution in [-0.4, -0.2) is 54.5 Å². The zero-order valence-electron chi connectivity index (χ0n) is 20.2. The van der Waals surface area contributed by atoms with Crippen molar-refractivity contribution in [3.05, 3.63) is 84.6 Å². The molecule has 0 aliphatic carbocycles. The zero-order chi connectivity index (χ0) is 25.1. The van der Waals surface area contributed by atoms with Crippen LogP contribution in [0, 0.1) is 5.82 Å². The van der Waals surface area contributed by atoms with Crippen LogP contribution in [0.25, 0.3) is 16.6 Å². The molecular formula is C25H26FN9O. The number of halogens is 1. The molecule has 10 nitrogen and oxygen atoms in total. The van der Waals surface area contributed by atoms with Crippen LogP contribution in [0.15, 0.2) is 67.6 Å². The van der Waals surface area contributed by atoms with Gasteiger partial charge in [0.15, 0.2) is 5.82 Å². The third kappa shape index (κ3) is 4.60. The number of fused-ring (bicyclic) bond motifs is 1. The van der Waals surface area contributed by atoms with Gasteiger partial charge in [-0.1, -0.05) is 12.1 Å². The first-order chi connectivity index (χ1) is 17.5. The van der Waals surface area contributed by atoms with Crippen LogP contribution in [0.2, 0.25) is 0 Å². The number of benzene rings is 1. The van der Waals surface area contributed by atoms with E-state index in [0.717, 1.165) is 33.6 Å². The van der Waals surface area contributed by atoms with Gasteiger partial charge in [-0.15, -0.1) is 0 Å². The van der Waals surface area contributed by atoms with E-state index in [9.17, 15) is 4.39 Å². The largest absolute Gasteiger partial charge is 0.369 e. The summed E-state index contributed by atoms with van der Waals surface area (Å²) in [6.45, 7) is 3.07. The SMILES string of the molecule is CO[C@](C)(c1ccc(F)cc1)c1cnc(NCCNc2ncnn3cc(-c4cnn(C)c4)cc23)nc1. The van der Waals surface area contributed by atoms with Crippen molar-refractivity contribution in [2.45, 2.75) is 12.5 Å². The van der Waals surface area contributed by atoms with Crippen LogP contribution in [0.5, 0.6) is 0 Å². The van der Waals surface area contributed by atoms with E-state index in [2.05, 4.69) is 35.8 Å². The highest BCUT2D eigenvalue weighted by molar-refractivity contribution is 5.76. The molecule has 0 aliphatic heterocycles. The molecule has 0 bridgehead atoms. The molecule has 5 aromatic rings. The monoisotopic (exact) mass is 487 g/mol. The van der Waals surface area contributed by atoms with Gasteiger partial charge in [0.05, 0.1) is 6.20 Å². The Morgan fingerprint density at radius 3 is 2.36 bits per heavy atom. The Hall–Kier alpha value is -4.38. The molecule has 0 aliphatic rings. The third-order valence-corrected chi connectivity index (χ3v) is 6.15. The van der Waals surface area contributed by atoms with E-state index in [-0.39, 0.29) is 5.82 Å². The molecule has 0 saturated carbocycles. The van der Waals surface area contributed by atoms with Gasteiger partial charge in [-0.25, -0.2) is 23.9 Å². The molecule has 0 spiro atoms. The molecule has 0 unspecified atom stereocenters. The number of nitrogens with one attached hydrogen (secondary N) is 2. The molecule has 5 rings (SSSR count). The van der Waals surface area contributed by atoms with Crippen molar-refractivity contribution < 1.29 is 9.13 Å². The van der Waals surface area contributed by atoms with Crippen LogP contribution < -0.4 is 10.6 Å². The number of nitrogens with zero attached hydrogens (tertiary/aromatic N) is 7. The summed E-state index contributed by atoms with van der Waals surface area (Å²) < 4.78 is 22.7. The molecule has 0 saturated heterocycles. The number of methoxy groups -OCH3 is 1. The lowest BCUT2D eigenvalue weighted by Gasteiger charge is -2.28.